The first-order valence-corrected chi connectivity index (χ1v) is 5.90. The predicted octanol–water partition coefficient (Wildman–Crippen LogP) is 2.85. The van der Waals surface area contributed by atoms with Crippen molar-refractivity contribution < 1.29 is 0 Å². The lowest BCUT2D eigenvalue weighted by Crippen LogP contribution is -2.34. The molecule has 1 saturated carbocycles. The van der Waals surface area contributed by atoms with E-state index in [1.165, 1.54) is 23.3 Å². The van der Waals surface area contributed by atoms with Gasteiger partial charge in [0.1, 0.15) is 0 Å². The van der Waals surface area contributed by atoms with Gasteiger partial charge in [-0.2, -0.15) is 0 Å². The predicted molar refractivity (Wildman–Crippen MR) is 69.7 cm³/mol. The van der Waals surface area contributed by atoms with Gasteiger partial charge in [-0.15, -0.1) is 0 Å². The number of nitrogens with one attached hydrogen (secondary N) is 1. The molecule has 2 heteroatoms. The summed E-state index contributed by atoms with van der Waals surface area (Å²) >= 11 is 0. The second-order valence-electron chi connectivity index (χ2n) is 4.65. The van der Waals surface area contributed by atoms with Crippen molar-refractivity contribution in [1.82, 2.24) is 5.32 Å². The lowest BCUT2D eigenvalue weighted by molar-refractivity contribution is 0.428. The standard InChI is InChI=1S/C14H20N2/c1-9(10(2)15-4)11(3)16-14-12-6-5-7-13(14)8-12/h5-7,12,14-15H,8H2,1-4H3/b10-9+,16-11-. The van der Waals surface area contributed by atoms with Crippen molar-refractivity contribution in [2.75, 3.05) is 7.05 Å². The first-order chi connectivity index (χ1) is 7.63. The average Bonchev–Trinajstić information content (AvgIpc) is 2.34. The molecule has 0 spiro atoms. The van der Waals surface area contributed by atoms with Crippen LogP contribution in [0.3, 0.4) is 0 Å². The molecule has 2 atom stereocenters. The van der Waals surface area contributed by atoms with E-state index in [2.05, 4.69) is 44.3 Å². The van der Waals surface area contributed by atoms with Gasteiger partial charge in [-0.1, -0.05) is 18.2 Å². The fraction of sp³-hybridized carbons (Fsp3) is 0.500. The molecule has 2 unspecified atom stereocenters. The number of nitrogens with zero attached hydrogens (tertiary/aromatic N) is 1. The highest BCUT2D eigenvalue weighted by atomic mass is 14.9. The van der Waals surface area contributed by atoms with Gasteiger partial charge in [0.05, 0.1) is 6.04 Å². The first-order valence-electron chi connectivity index (χ1n) is 5.90. The third kappa shape index (κ3) is 1.84. The highest BCUT2D eigenvalue weighted by molar-refractivity contribution is 5.98. The number of allylic oxidation sites excluding steroid dienone is 4. The molecule has 0 aromatic heterocycles. The van der Waals surface area contributed by atoms with E-state index in [0.29, 0.717) is 12.0 Å². The normalized spacial score (nSPS) is 29.2. The van der Waals surface area contributed by atoms with Gasteiger partial charge in [-0.05, 0) is 38.3 Å². The van der Waals surface area contributed by atoms with Gasteiger partial charge in [0, 0.05) is 24.4 Å². The average molecular weight is 216 g/mol. The molecule has 0 heterocycles. The Labute approximate surface area is 97.8 Å². The van der Waals surface area contributed by atoms with Gasteiger partial charge < -0.3 is 5.32 Å². The van der Waals surface area contributed by atoms with Crippen LogP contribution in [0, 0.1) is 5.92 Å². The Hall–Kier alpha value is -1.31. The van der Waals surface area contributed by atoms with Crippen LogP contribution in [-0.4, -0.2) is 18.8 Å². The van der Waals surface area contributed by atoms with Crippen molar-refractivity contribution in [2.24, 2.45) is 10.9 Å². The van der Waals surface area contributed by atoms with Crippen molar-refractivity contribution in [3.8, 4) is 0 Å². The molecule has 2 bridgehead atoms. The largest absolute Gasteiger partial charge is 0.391 e. The van der Waals surface area contributed by atoms with Crippen molar-refractivity contribution >= 4 is 5.71 Å². The fourth-order valence-electron chi connectivity index (χ4n) is 2.22. The van der Waals surface area contributed by atoms with Gasteiger partial charge in [0.15, 0.2) is 0 Å². The summed E-state index contributed by atoms with van der Waals surface area (Å²) in [7, 11) is 1.95. The highest BCUT2D eigenvalue weighted by Crippen LogP contribution is 2.40. The van der Waals surface area contributed by atoms with E-state index in [0.717, 1.165) is 5.71 Å². The topological polar surface area (TPSA) is 24.4 Å². The van der Waals surface area contributed by atoms with E-state index in [-0.39, 0.29) is 0 Å². The quantitative estimate of drug-likeness (QED) is 0.721. The van der Waals surface area contributed by atoms with E-state index in [9.17, 15) is 0 Å². The summed E-state index contributed by atoms with van der Waals surface area (Å²) < 4.78 is 0. The molecule has 3 aliphatic carbocycles. The molecular formula is C14H20N2. The monoisotopic (exact) mass is 216 g/mol. The molecule has 1 fully saturated rings. The Bertz CT molecular complexity index is 410. The zero-order valence-corrected chi connectivity index (χ0v) is 10.5. The molecule has 16 heavy (non-hydrogen) atoms. The lowest BCUT2D eigenvalue weighted by Gasteiger charge is -2.38. The van der Waals surface area contributed by atoms with E-state index in [1.54, 1.807) is 0 Å². The van der Waals surface area contributed by atoms with Crippen LogP contribution in [0.15, 0.2) is 40.1 Å². The zero-order valence-electron chi connectivity index (χ0n) is 10.5. The van der Waals surface area contributed by atoms with Crippen molar-refractivity contribution in [3.05, 3.63) is 35.1 Å². The highest BCUT2D eigenvalue weighted by Gasteiger charge is 2.35. The maximum atomic E-state index is 4.83. The maximum Gasteiger partial charge on any atom is 0.0781 e. The summed E-state index contributed by atoms with van der Waals surface area (Å²) in [6.07, 6.45) is 7.86. The molecule has 86 valence electrons. The Morgan fingerprint density at radius 2 is 2.12 bits per heavy atom. The van der Waals surface area contributed by atoms with Crippen LogP contribution in [0.25, 0.3) is 0 Å². The van der Waals surface area contributed by atoms with E-state index in [4.69, 9.17) is 4.99 Å². The summed E-state index contributed by atoms with van der Waals surface area (Å²) in [5.41, 5.74) is 5.11. The summed E-state index contributed by atoms with van der Waals surface area (Å²) in [5, 5.41) is 3.18. The Kier molecular flexibility index (Phi) is 2.99. The van der Waals surface area contributed by atoms with Crippen LogP contribution in [0.1, 0.15) is 27.2 Å². The maximum absolute atomic E-state index is 4.83. The third-order valence-electron chi connectivity index (χ3n) is 3.74. The molecule has 0 radical (unpaired) electrons. The van der Waals surface area contributed by atoms with Crippen LogP contribution >= 0.6 is 0 Å². The third-order valence-corrected chi connectivity index (χ3v) is 3.74. The van der Waals surface area contributed by atoms with E-state index < -0.39 is 0 Å². The SMILES string of the molecule is CN/C(C)=C(C)/C(C)=N\C1C2=CC=CC1C2. The van der Waals surface area contributed by atoms with Gasteiger partial charge in [-0.25, -0.2) is 0 Å². The van der Waals surface area contributed by atoms with Gasteiger partial charge in [0.2, 0.25) is 0 Å². The molecule has 0 aliphatic heterocycles. The Morgan fingerprint density at radius 3 is 2.62 bits per heavy atom. The molecule has 1 N–H and O–H groups in total. The molecule has 0 saturated heterocycles. The second kappa shape index (κ2) is 4.28. The smallest absolute Gasteiger partial charge is 0.0781 e. The van der Waals surface area contributed by atoms with Crippen LogP contribution in [0.4, 0.5) is 0 Å². The van der Waals surface area contributed by atoms with Crippen LogP contribution in [0.2, 0.25) is 0 Å². The number of hydrogen-bond donors (Lipinski definition) is 1. The molecule has 0 aromatic carbocycles. The summed E-state index contributed by atoms with van der Waals surface area (Å²) in [4.78, 5) is 4.83. The number of rotatable bonds is 3. The van der Waals surface area contributed by atoms with E-state index in [1.807, 2.05) is 7.05 Å². The van der Waals surface area contributed by atoms with Gasteiger partial charge in [0.25, 0.3) is 0 Å². The van der Waals surface area contributed by atoms with Crippen molar-refractivity contribution in [1.29, 1.82) is 0 Å². The van der Waals surface area contributed by atoms with Crippen LogP contribution in [0.5, 0.6) is 0 Å². The minimum absolute atomic E-state index is 0.421. The summed E-state index contributed by atoms with van der Waals surface area (Å²) in [6.45, 7) is 6.33. The van der Waals surface area contributed by atoms with Crippen LogP contribution in [-0.2, 0) is 0 Å². The van der Waals surface area contributed by atoms with Crippen molar-refractivity contribution in [3.63, 3.8) is 0 Å². The van der Waals surface area contributed by atoms with Gasteiger partial charge in [-0.3, -0.25) is 4.99 Å². The first kappa shape index (κ1) is 11.2. The molecule has 2 nitrogen and oxygen atoms in total. The second-order valence-corrected chi connectivity index (χ2v) is 4.65. The summed E-state index contributed by atoms with van der Waals surface area (Å²) in [6, 6.07) is 0.421. The number of aliphatic imine (C=N–C) groups is 1. The van der Waals surface area contributed by atoms with Crippen molar-refractivity contribution in [2.45, 2.75) is 33.2 Å². The van der Waals surface area contributed by atoms with E-state index >= 15 is 0 Å². The summed E-state index contributed by atoms with van der Waals surface area (Å²) in [5.74, 6) is 0.651. The van der Waals surface area contributed by atoms with Crippen LogP contribution < -0.4 is 5.32 Å². The number of fused-ring (bicyclic) bond motifs is 1. The molecule has 3 rings (SSSR count). The minimum Gasteiger partial charge on any atom is -0.391 e. The fourth-order valence-corrected chi connectivity index (χ4v) is 2.22. The Morgan fingerprint density at radius 1 is 1.38 bits per heavy atom. The zero-order chi connectivity index (χ0) is 11.7. The lowest BCUT2D eigenvalue weighted by atomic mass is 9.71. The van der Waals surface area contributed by atoms with Gasteiger partial charge >= 0.3 is 0 Å². The molecule has 0 aromatic rings. The molecule has 3 aliphatic rings. The number of hydrogen-bond acceptors (Lipinski definition) is 2. The molecule has 0 amide bonds. The molecular weight excluding hydrogens is 196 g/mol. The minimum atomic E-state index is 0.421. The Balaban J connectivity index is 2.15.